The number of carbonyl (C=O) groups excluding carboxylic acids is 1. The highest BCUT2D eigenvalue weighted by molar-refractivity contribution is 6.35. The van der Waals surface area contributed by atoms with Crippen LogP contribution in [0.3, 0.4) is 0 Å². The zero-order valence-electron chi connectivity index (χ0n) is 11.3. The summed E-state index contributed by atoms with van der Waals surface area (Å²) < 4.78 is 59.1. The van der Waals surface area contributed by atoms with Crippen molar-refractivity contribution in [3.8, 4) is 5.75 Å². The smallest absolute Gasteiger partial charge is 0.261 e. The Kier molecular flexibility index (Phi) is 5.01. The molecule has 0 aliphatic heterocycles. The number of benzene rings is 2. The first-order chi connectivity index (χ1) is 10.8. The lowest BCUT2D eigenvalue weighted by Gasteiger charge is -2.11. The van der Waals surface area contributed by atoms with Gasteiger partial charge in [0.1, 0.15) is 5.56 Å². The van der Waals surface area contributed by atoms with E-state index in [9.17, 15) is 22.4 Å². The number of amides is 1. The van der Waals surface area contributed by atoms with Crippen LogP contribution in [0.5, 0.6) is 5.75 Å². The van der Waals surface area contributed by atoms with E-state index in [1.165, 1.54) is 18.2 Å². The predicted octanol–water partition coefficient (Wildman–Crippen LogP) is 4.81. The topological polar surface area (TPSA) is 38.3 Å². The Balaban J connectivity index is 2.47. The molecule has 0 fully saturated rings. The van der Waals surface area contributed by atoms with Crippen LogP contribution in [0.25, 0.3) is 0 Å². The molecule has 0 saturated carbocycles. The molecule has 0 radical (unpaired) electrons. The van der Waals surface area contributed by atoms with Gasteiger partial charge in [0.15, 0.2) is 17.4 Å². The van der Waals surface area contributed by atoms with Crippen molar-refractivity contribution in [2.24, 2.45) is 0 Å². The molecule has 122 valence electrons. The number of rotatable bonds is 3. The number of hydrogen-bond acceptors (Lipinski definition) is 2. The van der Waals surface area contributed by atoms with Gasteiger partial charge in [-0.3, -0.25) is 4.79 Å². The molecule has 0 aliphatic carbocycles. The summed E-state index contributed by atoms with van der Waals surface area (Å²) in [7, 11) is 0.827. The molecular formula is C14H7Cl2F4NO2. The van der Waals surface area contributed by atoms with Crippen LogP contribution in [0, 0.1) is 23.3 Å². The minimum absolute atomic E-state index is 0.0112. The van der Waals surface area contributed by atoms with Crippen molar-refractivity contribution in [2.45, 2.75) is 0 Å². The van der Waals surface area contributed by atoms with Crippen molar-refractivity contribution in [1.82, 2.24) is 0 Å². The highest BCUT2D eigenvalue weighted by Gasteiger charge is 2.30. The second kappa shape index (κ2) is 6.64. The third kappa shape index (κ3) is 3.35. The van der Waals surface area contributed by atoms with Gasteiger partial charge in [0, 0.05) is 15.7 Å². The second-order valence-corrected chi connectivity index (χ2v) is 5.15. The van der Waals surface area contributed by atoms with Crippen molar-refractivity contribution in [3.05, 3.63) is 57.1 Å². The lowest BCUT2D eigenvalue weighted by Crippen LogP contribution is -2.18. The summed E-state index contributed by atoms with van der Waals surface area (Å²) in [5.74, 6) is -10.1. The maximum Gasteiger partial charge on any atom is 0.261 e. The first kappa shape index (κ1) is 17.4. The molecule has 0 spiro atoms. The number of nitrogens with one attached hydrogen (secondary N) is 1. The van der Waals surface area contributed by atoms with Crippen LogP contribution in [0.4, 0.5) is 23.2 Å². The molecule has 2 rings (SSSR count). The van der Waals surface area contributed by atoms with E-state index in [0.29, 0.717) is 0 Å². The Hall–Kier alpha value is -1.99. The van der Waals surface area contributed by atoms with Crippen LogP contribution in [-0.2, 0) is 0 Å². The van der Waals surface area contributed by atoms with Gasteiger partial charge in [-0.05, 0) is 18.2 Å². The maximum absolute atomic E-state index is 13.8. The molecule has 9 heteroatoms. The zero-order valence-corrected chi connectivity index (χ0v) is 12.8. The van der Waals surface area contributed by atoms with Crippen LogP contribution in [-0.4, -0.2) is 13.0 Å². The molecule has 0 heterocycles. The van der Waals surface area contributed by atoms with Gasteiger partial charge in [-0.15, -0.1) is 0 Å². The Morgan fingerprint density at radius 1 is 0.957 bits per heavy atom. The number of carbonyl (C=O) groups is 1. The van der Waals surface area contributed by atoms with Crippen molar-refractivity contribution in [2.75, 3.05) is 12.4 Å². The molecule has 0 saturated heterocycles. The van der Waals surface area contributed by atoms with E-state index in [-0.39, 0.29) is 15.7 Å². The molecule has 2 aromatic rings. The summed E-state index contributed by atoms with van der Waals surface area (Å²) in [6.07, 6.45) is 0. The molecule has 1 amide bonds. The summed E-state index contributed by atoms with van der Waals surface area (Å²) in [4.78, 5) is 11.9. The fourth-order valence-electron chi connectivity index (χ4n) is 1.81. The van der Waals surface area contributed by atoms with E-state index in [1.807, 2.05) is 0 Å². The van der Waals surface area contributed by atoms with Crippen LogP contribution >= 0.6 is 23.2 Å². The summed E-state index contributed by atoms with van der Waals surface area (Å²) in [5, 5.41) is 2.33. The highest BCUT2D eigenvalue weighted by Crippen LogP contribution is 2.30. The van der Waals surface area contributed by atoms with Crippen molar-refractivity contribution >= 4 is 34.8 Å². The van der Waals surface area contributed by atoms with Crippen molar-refractivity contribution in [1.29, 1.82) is 0 Å². The van der Waals surface area contributed by atoms with Gasteiger partial charge in [0.05, 0.1) is 7.11 Å². The van der Waals surface area contributed by atoms with Crippen LogP contribution in [0.15, 0.2) is 18.2 Å². The fourth-order valence-corrected chi connectivity index (χ4v) is 2.34. The average molecular weight is 368 g/mol. The molecule has 3 nitrogen and oxygen atoms in total. The predicted molar refractivity (Wildman–Crippen MR) is 77.2 cm³/mol. The summed E-state index contributed by atoms with van der Waals surface area (Å²) in [6, 6.07) is 3.82. The number of anilines is 1. The maximum atomic E-state index is 13.8. The van der Waals surface area contributed by atoms with Crippen molar-refractivity contribution in [3.63, 3.8) is 0 Å². The minimum atomic E-state index is -1.88. The minimum Gasteiger partial charge on any atom is -0.491 e. The molecule has 0 unspecified atom stereocenters. The van der Waals surface area contributed by atoms with E-state index in [1.54, 1.807) is 0 Å². The standard InChI is InChI=1S/C14H7Cl2F4NO2/c1-23-13-11(19)9(17)8(10(18)12(13)20)14(22)21-7-3-5(15)2-6(16)4-7/h2-4H,1H3,(H,21,22). The third-order valence-electron chi connectivity index (χ3n) is 2.77. The normalized spacial score (nSPS) is 10.6. The Bertz CT molecular complexity index is 750. The van der Waals surface area contributed by atoms with Gasteiger partial charge >= 0.3 is 0 Å². The molecule has 1 N–H and O–H groups in total. The molecule has 0 atom stereocenters. The Labute approximate surface area is 137 Å². The number of ether oxygens (including phenoxy) is 1. The Morgan fingerprint density at radius 3 is 1.87 bits per heavy atom. The molecule has 23 heavy (non-hydrogen) atoms. The van der Waals surface area contributed by atoms with Crippen LogP contribution < -0.4 is 10.1 Å². The van der Waals surface area contributed by atoms with E-state index in [2.05, 4.69) is 10.1 Å². The molecule has 0 aliphatic rings. The van der Waals surface area contributed by atoms with Gasteiger partial charge < -0.3 is 10.1 Å². The van der Waals surface area contributed by atoms with Crippen LogP contribution in [0.2, 0.25) is 10.0 Å². The van der Waals surface area contributed by atoms with Crippen molar-refractivity contribution < 1.29 is 27.1 Å². The highest BCUT2D eigenvalue weighted by atomic mass is 35.5. The summed E-state index contributed by atoms with van der Waals surface area (Å²) >= 11 is 11.4. The Morgan fingerprint density at radius 2 is 1.43 bits per heavy atom. The SMILES string of the molecule is COc1c(F)c(F)c(C(=O)Nc2cc(Cl)cc(Cl)c2)c(F)c1F. The molecular weight excluding hydrogens is 361 g/mol. The van der Waals surface area contributed by atoms with E-state index >= 15 is 0 Å². The zero-order chi connectivity index (χ0) is 17.3. The van der Waals surface area contributed by atoms with Gasteiger partial charge in [0.25, 0.3) is 5.91 Å². The van der Waals surface area contributed by atoms with Gasteiger partial charge in [-0.25, -0.2) is 8.78 Å². The van der Waals surface area contributed by atoms with Gasteiger partial charge in [0.2, 0.25) is 11.6 Å². The third-order valence-corrected chi connectivity index (χ3v) is 3.21. The average Bonchev–Trinajstić information content (AvgIpc) is 2.45. The van der Waals surface area contributed by atoms with Crippen LogP contribution in [0.1, 0.15) is 10.4 Å². The quantitative estimate of drug-likeness (QED) is 0.624. The van der Waals surface area contributed by atoms with E-state index in [0.717, 1.165) is 7.11 Å². The first-order valence-electron chi connectivity index (χ1n) is 5.93. The second-order valence-electron chi connectivity index (χ2n) is 4.28. The van der Waals surface area contributed by atoms with Gasteiger partial charge in [-0.1, -0.05) is 23.2 Å². The lowest BCUT2D eigenvalue weighted by atomic mass is 10.1. The lowest BCUT2D eigenvalue weighted by molar-refractivity contribution is 0.101. The summed E-state index contributed by atoms with van der Waals surface area (Å²) in [5.41, 5.74) is -1.44. The largest absolute Gasteiger partial charge is 0.491 e. The molecule has 2 aromatic carbocycles. The van der Waals surface area contributed by atoms with Gasteiger partial charge in [-0.2, -0.15) is 8.78 Å². The fraction of sp³-hybridized carbons (Fsp3) is 0.0714. The van der Waals surface area contributed by atoms with E-state index in [4.69, 9.17) is 23.2 Å². The molecule has 0 aromatic heterocycles. The monoisotopic (exact) mass is 367 g/mol. The van der Waals surface area contributed by atoms with E-state index < -0.39 is 40.5 Å². The number of methoxy groups -OCH3 is 1. The first-order valence-corrected chi connectivity index (χ1v) is 6.69. The number of halogens is 6. The number of hydrogen-bond donors (Lipinski definition) is 1. The molecule has 0 bridgehead atoms. The summed E-state index contributed by atoms with van der Waals surface area (Å²) in [6.45, 7) is 0.